The van der Waals surface area contributed by atoms with E-state index in [1.54, 1.807) is 13.2 Å². The van der Waals surface area contributed by atoms with E-state index in [1.165, 1.54) is 11.3 Å². The van der Waals surface area contributed by atoms with E-state index in [9.17, 15) is 20.4 Å². The van der Waals surface area contributed by atoms with Crippen molar-refractivity contribution in [3.05, 3.63) is 58.7 Å². The van der Waals surface area contributed by atoms with E-state index in [-0.39, 0.29) is 0 Å². The number of hydrogen-bond acceptors (Lipinski definition) is 7. The molecule has 5 atom stereocenters. The van der Waals surface area contributed by atoms with Gasteiger partial charge in [0.25, 0.3) is 0 Å². The number of fused-ring (bicyclic) bond motifs is 1. The molecule has 0 radical (unpaired) electrons. The van der Waals surface area contributed by atoms with Gasteiger partial charge < -0.3 is 35.2 Å². The SMILES string of the molecule is COc1ccc([C@@H]2O[C@@H](CO)[C@@H](O)[C@H](O)[C@H]2O)cc1Cc1ccc2c(c1)CCCN2. The number of aliphatic hydroxyl groups excluding tert-OH is 4. The van der Waals surface area contributed by atoms with E-state index in [2.05, 4.69) is 23.5 Å². The second-order valence-electron chi connectivity index (χ2n) is 8.02. The lowest BCUT2D eigenvalue weighted by Gasteiger charge is -2.40. The number of benzene rings is 2. The van der Waals surface area contributed by atoms with Gasteiger partial charge in [-0.05, 0) is 53.3 Å². The van der Waals surface area contributed by atoms with Crippen molar-refractivity contribution in [3.63, 3.8) is 0 Å². The molecule has 5 N–H and O–H groups in total. The molecule has 0 bridgehead atoms. The number of ether oxygens (including phenoxy) is 2. The van der Waals surface area contributed by atoms with E-state index in [0.29, 0.717) is 12.0 Å². The van der Waals surface area contributed by atoms with Crippen molar-refractivity contribution in [2.75, 3.05) is 25.6 Å². The number of aryl methyl sites for hydroxylation is 1. The Labute approximate surface area is 175 Å². The van der Waals surface area contributed by atoms with E-state index < -0.39 is 37.1 Å². The second-order valence-corrected chi connectivity index (χ2v) is 8.02. The molecule has 7 heteroatoms. The maximum absolute atomic E-state index is 10.5. The molecular weight excluding hydrogens is 386 g/mol. The van der Waals surface area contributed by atoms with Crippen LogP contribution in [-0.4, -0.2) is 65.1 Å². The summed E-state index contributed by atoms with van der Waals surface area (Å²) in [5.41, 5.74) is 5.23. The molecule has 1 saturated heterocycles. The first-order chi connectivity index (χ1) is 14.5. The molecule has 2 aromatic carbocycles. The first kappa shape index (κ1) is 21.1. The Hall–Kier alpha value is -2.16. The maximum Gasteiger partial charge on any atom is 0.122 e. The molecule has 2 heterocycles. The largest absolute Gasteiger partial charge is 0.496 e. The van der Waals surface area contributed by atoms with Crippen molar-refractivity contribution >= 4 is 5.69 Å². The predicted octanol–water partition coefficient (Wildman–Crippen LogP) is 1.16. The predicted molar refractivity (Wildman–Crippen MR) is 112 cm³/mol. The third kappa shape index (κ3) is 4.04. The van der Waals surface area contributed by atoms with Crippen molar-refractivity contribution < 1.29 is 29.9 Å². The van der Waals surface area contributed by atoms with E-state index in [4.69, 9.17) is 9.47 Å². The van der Waals surface area contributed by atoms with Crippen LogP contribution in [0.25, 0.3) is 0 Å². The number of hydrogen-bond donors (Lipinski definition) is 5. The van der Waals surface area contributed by atoms with Gasteiger partial charge in [-0.15, -0.1) is 0 Å². The fourth-order valence-corrected chi connectivity index (χ4v) is 4.35. The molecule has 0 amide bonds. The standard InChI is InChI=1S/C23H29NO6/c1-29-18-7-5-15(23-22(28)21(27)20(26)19(12-25)30-23)11-16(18)10-13-4-6-17-14(9-13)3-2-8-24-17/h4-7,9,11,19-28H,2-3,8,10,12H2,1H3/t19-,20+,21-,22+,23-/m0/s1. The van der Waals surface area contributed by atoms with Crippen LogP contribution in [0.5, 0.6) is 5.75 Å². The third-order valence-corrected chi connectivity index (χ3v) is 6.03. The summed E-state index contributed by atoms with van der Waals surface area (Å²) in [6.07, 6.45) is -3.07. The minimum Gasteiger partial charge on any atom is -0.496 e. The molecule has 2 aliphatic heterocycles. The molecule has 0 aliphatic carbocycles. The van der Waals surface area contributed by atoms with E-state index in [0.717, 1.165) is 36.3 Å². The normalized spacial score (nSPS) is 28.5. The lowest BCUT2D eigenvalue weighted by Crippen LogP contribution is -2.55. The Kier molecular flexibility index (Phi) is 6.26. The lowest BCUT2D eigenvalue weighted by molar-refractivity contribution is -0.231. The summed E-state index contributed by atoms with van der Waals surface area (Å²) in [5, 5.41) is 43.5. The maximum atomic E-state index is 10.5. The summed E-state index contributed by atoms with van der Waals surface area (Å²) in [6, 6.07) is 11.9. The molecule has 0 aromatic heterocycles. The Morgan fingerprint density at radius 1 is 1.07 bits per heavy atom. The molecule has 2 aromatic rings. The van der Waals surface area contributed by atoms with Gasteiger partial charge in [0.15, 0.2) is 0 Å². The van der Waals surface area contributed by atoms with Gasteiger partial charge in [-0.1, -0.05) is 18.2 Å². The van der Waals surface area contributed by atoms with Crippen molar-refractivity contribution in [2.24, 2.45) is 0 Å². The molecule has 0 unspecified atom stereocenters. The van der Waals surface area contributed by atoms with Crippen molar-refractivity contribution in [1.82, 2.24) is 0 Å². The first-order valence-corrected chi connectivity index (χ1v) is 10.3. The number of nitrogens with one attached hydrogen (secondary N) is 1. The van der Waals surface area contributed by atoms with Gasteiger partial charge in [-0.2, -0.15) is 0 Å². The van der Waals surface area contributed by atoms with Crippen LogP contribution in [-0.2, 0) is 17.6 Å². The van der Waals surface area contributed by atoms with Crippen LogP contribution in [0.1, 0.15) is 34.8 Å². The van der Waals surface area contributed by atoms with Gasteiger partial charge in [-0.25, -0.2) is 0 Å². The number of rotatable bonds is 5. The highest BCUT2D eigenvalue weighted by atomic mass is 16.5. The molecule has 0 spiro atoms. The summed E-state index contributed by atoms with van der Waals surface area (Å²) in [5.74, 6) is 0.721. The number of methoxy groups -OCH3 is 1. The summed E-state index contributed by atoms with van der Waals surface area (Å²) in [4.78, 5) is 0. The lowest BCUT2D eigenvalue weighted by atomic mass is 9.89. The fourth-order valence-electron chi connectivity index (χ4n) is 4.35. The van der Waals surface area contributed by atoms with Gasteiger partial charge in [0.1, 0.15) is 36.3 Å². The molecule has 4 rings (SSSR count). The molecule has 30 heavy (non-hydrogen) atoms. The minimum atomic E-state index is -1.40. The second kappa shape index (κ2) is 8.91. The number of aliphatic hydroxyl groups is 4. The fraction of sp³-hybridized carbons (Fsp3) is 0.478. The zero-order valence-corrected chi connectivity index (χ0v) is 17.0. The molecule has 7 nitrogen and oxygen atoms in total. The molecule has 162 valence electrons. The van der Waals surface area contributed by atoms with Crippen molar-refractivity contribution in [1.29, 1.82) is 0 Å². The van der Waals surface area contributed by atoms with Crippen LogP contribution < -0.4 is 10.1 Å². The van der Waals surface area contributed by atoms with Gasteiger partial charge in [0, 0.05) is 18.7 Å². The average molecular weight is 415 g/mol. The Morgan fingerprint density at radius 2 is 1.90 bits per heavy atom. The highest BCUT2D eigenvalue weighted by Crippen LogP contribution is 2.35. The summed E-state index contributed by atoms with van der Waals surface area (Å²) < 4.78 is 11.2. The highest BCUT2D eigenvalue weighted by molar-refractivity contribution is 5.55. The Bertz CT molecular complexity index is 886. The monoisotopic (exact) mass is 415 g/mol. The van der Waals surface area contributed by atoms with Crippen LogP contribution in [0.4, 0.5) is 5.69 Å². The topological polar surface area (TPSA) is 111 Å². The summed E-state index contributed by atoms with van der Waals surface area (Å²) >= 11 is 0. The summed E-state index contributed by atoms with van der Waals surface area (Å²) in [7, 11) is 1.61. The zero-order chi connectivity index (χ0) is 21.3. The van der Waals surface area contributed by atoms with Crippen LogP contribution in [0.15, 0.2) is 36.4 Å². The molecular formula is C23H29NO6. The molecule has 1 fully saturated rings. The highest BCUT2D eigenvalue weighted by Gasteiger charge is 2.44. The zero-order valence-electron chi connectivity index (χ0n) is 17.0. The average Bonchev–Trinajstić information content (AvgIpc) is 2.77. The minimum absolute atomic E-state index is 0.451. The van der Waals surface area contributed by atoms with Crippen LogP contribution in [0.2, 0.25) is 0 Å². The van der Waals surface area contributed by atoms with Gasteiger partial charge in [0.2, 0.25) is 0 Å². The van der Waals surface area contributed by atoms with Crippen molar-refractivity contribution in [3.8, 4) is 5.75 Å². The quantitative estimate of drug-likeness (QED) is 0.498. The van der Waals surface area contributed by atoms with Gasteiger partial charge >= 0.3 is 0 Å². The van der Waals surface area contributed by atoms with Crippen LogP contribution >= 0.6 is 0 Å². The van der Waals surface area contributed by atoms with Crippen molar-refractivity contribution in [2.45, 2.75) is 49.8 Å². The first-order valence-electron chi connectivity index (χ1n) is 10.3. The third-order valence-electron chi connectivity index (χ3n) is 6.03. The smallest absolute Gasteiger partial charge is 0.122 e. The Morgan fingerprint density at radius 3 is 2.67 bits per heavy atom. The molecule has 0 saturated carbocycles. The number of anilines is 1. The molecule has 2 aliphatic rings. The van der Waals surface area contributed by atoms with E-state index >= 15 is 0 Å². The van der Waals surface area contributed by atoms with Gasteiger partial charge in [-0.3, -0.25) is 0 Å². The van der Waals surface area contributed by atoms with Crippen LogP contribution in [0, 0.1) is 0 Å². The van der Waals surface area contributed by atoms with Gasteiger partial charge in [0.05, 0.1) is 13.7 Å². The van der Waals surface area contributed by atoms with Crippen LogP contribution in [0.3, 0.4) is 0 Å². The Balaban J connectivity index is 1.62. The summed E-state index contributed by atoms with van der Waals surface area (Å²) in [6.45, 7) is 0.551. The van der Waals surface area contributed by atoms with E-state index in [1.807, 2.05) is 12.1 Å².